The lowest BCUT2D eigenvalue weighted by Crippen LogP contribution is -2.23. The molecule has 5 heteroatoms. The lowest BCUT2D eigenvalue weighted by Gasteiger charge is -2.18. The Morgan fingerprint density at radius 3 is 2.83 bits per heavy atom. The molecule has 96 valence electrons. The Morgan fingerprint density at radius 1 is 1.44 bits per heavy atom. The Morgan fingerprint density at radius 2 is 2.22 bits per heavy atom. The van der Waals surface area contributed by atoms with E-state index >= 15 is 0 Å². The van der Waals surface area contributed by atoms with Crippen molar-refractivity contribution < 1.29 is 0 Å². The molecule has 0 amide bonds. The molecule has 0 aliphatic rings. The first kappa shape index (κ1) is 13.6. The van der Waals surface area contributed by atoms with Gasteiger partial charge in [0.05, 0.1) is 11.7 Å². The fraction of sp³-hybridized carbons (Fsp3) is 0.308. The SMILES string of the molecule is CCNC(c1ccn(C)n1)c1cc(Cl)ccc1Br. The maximum Gasteiger partial charge on any atom is 0.0839 e. The molecular formula is C13H15BrClN3. The lowest BCUT2D eigenvalue weighted by molar-refractivity contribution is 0.598. The predicted octanol–water partition coefficient (Wildman–Crippen LogP) is 3.53. The van der Waals surface area contributed by atoms with Crippen LogP contribution in [-0.4, -0.2) is 16.3 Å². The van der Waals surface area contributed by atoms with Crippen LogP contribution >= 0.6 is 27.5 Å². The molecular weight excluding hydrogens is 314 g/mol. The van der Waals surface area contributed by atoms with Crippen LogP contribution < -0.4 is 5.32 Å². The third-order valence-corrected chi connectivity index (χ3v) is 3.66. The molecule has 3 nitrogen and oxygen atoms in total. The van der Waals surface area contributed by atoms with Gasteiger partial charge in [-0.2, -0.15) is 5.10 Å². The van der Waals surface area contributed by atoms with E-state index in [-0.39, 0.29) is 6.04 Å². The first-order valence-corrected chi connectivity index (χ1v) is 6.96. The Labute approximate surface area is 120 Å². The molecule has 0 saturated heterocycles. The minimum atomic E-state index is 0.0456. The summed E-state index contributed by atoms with van der Waals surface area (Å²) in [6, 6.07) is 7.86. The first-order chi connectivity index (χ1) is 8.61. The van der Waals surface area contributed by atoms with Crippen LogP contribution in [0.3, 0.4) is 0 Å². The first-order valence-electron chi connectivity index (χ1n) is 5.79. The van der Waals surface area contributed by atoms with Crippen LogP contribution in [0.25, 0.3) is 0 Å². The van der Waals surface area contributed by atoms with Gasteiger partial charge in [0.25, 0.3) is 0 Å². The fourth-order valence-corrected chi connectivity index (χ4v) is 2.56. The van der Waals surface area contributed by atoms with Gasteiger partial charge >= 0.3 is 0 Å². The van der Waals surface area contributed by atoms with Crippen molar-refractivity contribution in [1.82, 2.24) is 15.1 Å². The van der Waals surface area contributed by atoms with E-state index in [2.05, 4.69) is 33.3 Å². The number of rotatable bonds is 4. The molecule has 0 bridgehead atoms. The van der Waals surface area contributed by atoms with Crippen LogP contribution in [0.15, 0.2) is 34.9 Å². The Kier molecular flexibility index (Phi) is 4.43. The van der Waals surface area contributed by atoms with Crippen molar-refractivity contribution in [1.29, 1.82) is 0 Å². The molecule has 0 aliphatic carbocycles. The van der Waals surface area contributed by atoms with Crippen molar-refractivity contribution in [2.24, 2.45) is 7.05 Å². The van der Waals surface area contributed by atoms with Gasteiger partial charge in [-0.05, 0) is 36.4 Å². The number of aromatic nitrogens is 2. The molecule has 0 saturated carbocycles. The number of hydrogen-bond acceptors (Lipinski definition) is 2. The van der Waals surface area contributed by atoms with Crippen molar-refractivity contribution in [2.45, 2.75) is 13.0 Å². The molecule has 1 atom stereocenters. The highest BCUT2D eigenvalue weighted by Crippen LogP contribution is 2.30. The Hall–Kier alpha value is -0.840. The molecule has 1 aromatic heterocycles. The summed E-state index contributed by atoms with van der Waals surface area (Å²) >= 11 is 9.65. The minimum absolute atomic E-state index is 0.0456. The van der Waals surface area contributed by atoms with Gasteiger partial charge < -0.3 is 5.32 Å². The summed E-state index contributed by atoms with van der Waals surface area (Å²) in [6.07, 6.45) is 1.94. The van der Waals surface area contributed by atoms with Crippen LogP contribution in [-0.2, 0) is 7.05 Å². The van der Waals surface area contributed by atoms with Crippen molar-refractivity contribution >= 4 is 27.5 Å². The molecule has 0 spiro atoms. The zero-order valence-electron chi connectivity index (χ0n) is 10.3. The van der Waals surface area contributed by atoms with Gasteiger partial charge in [-0.15, -0.1) is 0 Å². The summed E-state index contributed by atoms with van der Waals surface area (Å²) in [5.74, 6) is 0. The maximum atomic E-state index is 6.08. The van der Waals surface area contributed by atoms with E-state index in [1.54, 1.807) is 4.68 Å². The van der Waals surface area contributed by atoms with E-state index in [0.717, 1.165) is 27.3 Å². The lowest BCUT2D eigenvalue weighted by atomic mass is 10.0. The van der Waals surface area contributed by atoms with Crippen LogP contribution in [0.1, 0.15) is 24.2 Å². The quantitative estimate of drug-likeness (QED) is 0.930. The number of nitrogens with one attached hydrogen (secondary N) is 1. The van der Waals surface area contributed by atoms with Crippen LogP contribution in [0.5, 0.6) is 0 Å². The second-order valence-corrected chi connectivity index (χ2v) is 5.36. The van der Waals surface area contributed by atoms with Crippen LogP contribution in [0.4, 0.5) is 0 Å². The molecule has 1 aromatic carbocycles. The van der Waals surface area contributed by atoms with Gasteiger partial charge in [-0.25, -0.2) is 0 Å². The largest absolute Gasteiger partial charge is 0.305 e. The zero-order chi connectivity index (χ0) is 13.1. The third-order valence-electron chi connectivity index (χ3n) is 2.71. The number of hydrogen-bond donors (Lipinski definition) is 1. The topological polar surface area (TPSA) is 29.9 Å². The monoisotopic (exact) mass is 327 g/mol. The predicted molar refractivity (Wildman–Crippen MR) is 77.9 cm³/mol. The number of benzene rings is 1. The molecule has 1 heterocycles. The smallest absolute Gasteiger partial charge is 0.0839 e. The van der Waals surface area contributed by atoms with E-state index in [0.29, 0.717) is 0 Å². The van der Waals surface area contributed by atoms with Gasteiger partial charge in [0.15, 0.2) is 0 Å². The van der Waals surface area contributed by atoms with Gasteiger partial charge in [-0.1, -0.05) is 34.5 Å². The van der Waals surface area contributed by atoms with E-state index in [4.69, 9.17) is 11.6 Å². The summed E-state index contributed by atoms with van der Waals surface area (Å²) in [4.78, 5) is 0. The molecule has 2 aromatic rings. The molecule has 0 aliphatic heterocycles. The van der Waals surface area contributed by atoms with E-state index < -0.39 is 0 Å². The average Bonchev–Trinajstić information content (AvgIpc) is 2.76. The molecule has 1 N–H and O–H groups in total. The molecule has 0 radical (unpaired) electrons. The van der Waals surface area contributed by atoms with Gasteiger partial charge in [-0.3, -0.25) is 4.68 Å². The Balaban J connectivity index is 2.44. The summed E-state index contributed by atoms with van der Waals surface area (Å²) in [7, 11) is 1.92. The number of nitrogens with zero attached hydrogens (tertiary/aromatic N) is 2. The maximum absolute atomic E-state index is 6.08. The van der Waals surface area contributed by atoms with E-state index in [9.17, 15) is 0 Å². The number of halogens is 2. The van der Waals surface area contributed by atoms with Crippen LogP contribution in [0, 0.1) is 0 Å². The van der Waals surface area contributed by atoms with Crippen LogP contribution in [0.2, 0.25) is 5.02 Å². The number of aryl methyl sites for hydroxylation is 1. The second-order valence-electron chi connectivity index (χ2n) is 4.07. The highest BCUT2D eigenvalue weighted by molar-refractivity contribution is 9.10. The van der Waals surface area contributed by atoms with E-state index in [1.807, 2.05) is 37.5 Å². The summed E-state index contributed by atoms with van der Waals surface area (Å²) in [5, 5.41) is 8.63. The molecule has 1 unspecified atom stereocenters. The minimum Gasteiger partial charge on any atom is -0.305 e. The highest BCUT2D eigenvalue weighted by Gasteiger charge is 2.18. The molecule has 0 fully saturated rings. The highest BCUT2D eigenvalue weighted by atomic mass is 79.9. The summed E-state index contributed by atoms with van der Waals surface area (Å²) < 4.78 is 2.83. The fourth-order valence-electron chi connectivity index (χ4n) is 1.90. The standard InChI is InChI=1S/C13H15BrClN3/c1-3-16-13(12-6-7-18(2)17-12)10-8-9(15)4-5-11(10)14/h4-8,13,16H,3H2,1-2H3. The third kappa shape index (κ3) is 2.94. The second kappa shape index (κ2) is 5.87. The normalized spacial score (nSPS) is 12.7. The zero-order valence-corrected chi connectivity index (χ0v) is 12.7. The summed E-state index contributed by atoms with van der Waals surface area (Å²) in [6.45, 7) is 2.94. The van der Waals surface area contributed by atoms with Gasteiger partial charge in [0.1, 0.15) is 0 Å². The van der Waals surface area contributed by atoms with Crippen molar-refractivity contribution in [3.8, 4) is 0 Å². The molecule has 18 heavy (non-hydrogen) atoms. The average molecular weight is 329 g/mol. The van der Waals surface area contributed by atoms with Gasteiger partial charge in [0, 0.05) is 22.7 Å². The van der Waals surface area contributed by atoms with Crippen molar-refractivity contribution in [3.05, 3.63) is 51.2 Å². The molecule has 2 rings (SSSR count). The van der Waals surface area contributed by atoms with Gasteiger partial charge in [0.2, 0.25) is 0 Å². The Bertz CT molecular complexity index is 539. The van der Waals surface area contributed by atoms with Crippen molar-refractivity contribution in [2.75, 3.05) is 6.54 Å². The van der Waals surface area contributed by atoms with E-state index in [1.165, 1.54) is 0 Å². The van der Waals surface area contributed by atoms with Crippen molar-refractivity contribution in [3.63, 3.8) is 0 Å². The summed E-state index contributed by atoms with van der Waals surface area (Å²) in [5.41, 5.74) is 2.09.